The maximum Gasteiger partial charge on any atom is 0.318 e. The molecule has 6 nitrogen and oxygen atoms in total. The van der Waals surface area contributed by atoms with Crippen LogP contribution in [0.3, 0.4) is 0 Å². The van der Waals surface area contributed by atoms with Gasteiger partial charge in [0, 0.05) is 17.7 Å². The van der Waals surface area contributed by atoms with Gasteiger partial charge in [0.2, 0.25) is 0 Å². The van der Waals surface area contributed by atoms with Gasteiger partial charge < -0.3 is 14.5 Å². The van der Waals surface area contributed by atoms with Crippen molar-refractivity contribution in [2.75, 3.05) is 12.4 Å². The van der Waals surface area contributed by atoms with Crippen molar-refractivity contribution < 1.29 is 13.9 Å². The second-order valence-corrected chi connectivity index (χ2v) is 4.81. The van der Waals surface area contributed by atoms with Crippen LogP contribution in [0.1, 0.15) is 40.6 Å². The molecular weight excluding hydrogens is 258 g/mol. The molecule has 1 fully saturated rings. The zero-order chi connectivity index (χ0) is 14.1. The highest BCUT2D eigenvalue weighted by atomic mass is 16.5. The predicted molar refractivity (Wildman–Crippen MR) is 72.0 cm³/mol. The number of carbonyl (C=O) groups excluding carboxylic acids is 1. The fraction of sp³-hybridized carbons (Fsp3) is 0.357. The quantitative estimate of drug-likeness (QED) is 0.926. The Bertz CT molecular complexity index is 647. The van der Waals surface area contributed by atoms with E-state index < -0.39 is 0 Å². The van der Waals surface area contributed by atoms with Crippen molar-refractivity contribution >= 4 is 11.7 Å². The minimum absolute atomic E-state index is 0.221. The summed E-state index contributed by atoms with van der Waals surface area (Å²) in [6.45, 7) is 1.81. The van der Waals surface area contributed by atoms with Crippen LogP contribution in [0.15, 0.2) is 22.8 Å². The van der Waals surface area contributed by atoms with Gasteiger partial charge in [-0.25, -0.2) is 4.98 Å². The Morgan fingerprint density at radius 3 is 2.95 bits per heavy atom. The number of hydrogen-bond donors (Lipinski definition) is 1. The molecule has 1 amide bonds. The third-order valence-electron chi connectivity index (χ3n) is 3.15. The largest absolute Gasteiger partial charge is 0.468 e. The van der Waals surface area contributed by atoms with Crippen molar-refractivity contribution in [3.8, 4) is 6.01 Å². The van der Waals surface area contributed by atoms with E-state index >= 15 is 0 Å². The Balaban J connectivity index is 1.81. The van der Waals surface area contributed by atoms with E-state index in [4.69, 9.17) is 9.15 Å². The zero-order valence-corrected chi connectivity index (χ0v) is 11.3. The lowest BCUT2D eigenvalue weighted by Crippen LogP contribution is -2.14. The molecule has 1 saturated carbocycles. The summed E-state index contributed by atoms with van der Waals surface area (Å²) in [7, 11) is 1.49. The Morgan fingerprint density at radius 2 is 2.25 bits per heavy atom. The number of nitrogens with one attached hydrogen (secondary N) is 1. The van der Waals surface area contributed by atoms with E-state index in [0.717, 1.165) is 24.3 Å². The maximum atomic E-state index is 12.3. The Kier molecular flexibility index (Phi) is 3.14. The van der Waals surface area contributed by atoms with Gasteiger partial charge in [0.25, 0.3) is 5.91 Å². The van der Waals surface area contributed by atoms with Gasteiger partial charge in [0.1, 0.15) is 11.6 Å². The number of furan rings is 1. The van der Waals surface area contributed by atoms with Gasteiger partial charge in [-0.3, -0.25) is 4.79 Å². The molecule has 6 heteroatoms. The first-order valence-corrected chi connectivity index (χ1v) is 6.46. The van der Waals surface area contributed by atoms with Gasteiger partial charge in [-0.15, -0.1) is 0 Å². The fourth-order valence-corrected chi connectivity index (χ4v) is 2.05. The molecule has 0 bridgehead atoms. The summed E-state index contributed by atoms with van der Waals surface area (Å²) >= 11 is 0. The van der Waals surface area contributed by atoms with Crippen LogP contribution in [0.2, 0.25) is 0 Å². The monoisotopic (exact) mass is 273 g/mol. The Hall–Kier alpha value is -2.37. The standard InChI is InChI=1S/C14H15N3O3/c1-8-7-11(17-14(15-8)19-2)16-13(18)10-5-6-20-12(10)9-3-4-9/h5-7,9H,3-4H2,1-2H3,(H,15,16,17,18). The Labute approximate surface area is 116 Å². The first-order chi connectivity index (χ1) is 9.67. The molecule has 0 spiro atoms. The van der Waals surface area contributed by atoms with E-state index in [9.17, 15) is 4.79 Å². The molecule has 2 heterocycles. The summed E-state index contributed by atoms with van der Waals surface area (Å²) in [4.78, 5) is 20.4. The average molecular weight is 273 g/mol. The summed E-state index contributed by atoms with van der Waals surface area (Å²) in [6.07, 6.45) is 3.71. The molecule has 0 radical (unpaired) electrons. The highest BCUT2D eigenvalue weighted by Gasteiger charge is 2.31. The first-order valence-electron chi connectivity index (χ1n) is 6.46. The number of anilines is 1. The number of nitrogens with zero attached hydrogens (tertiary/aromatic N) is 2. The number of amides is 1. The molecule has 104 valence electrons. The van der Waals surface area contributed by atoms with E-state index in [1.807, 2.05) is 6.92 Å². The predicted octanol–water partition coefficient (Wildman–Crippen LogP) is 2.52. The van der Waals surface area contributed by atoms with Gasteiger partial charge in [-0.2, -0.15) is 4.98 Å². The van der Waals surface area contributed by atoms with E-state index in [1.165, 1.54) is 7.11 Å². The van der Waals surface area contributed by atoms with E-state index in [-0.39, 0.29) is 11.9 Å². The number of methoxy groups -OCH3 is 1. The highest BCUT2D eigenvalue weighted by molar-refractivity contribution is 6.04. The van der Waals surface area contributed by atoms with E-state index in [1.54, 1.807) is 18.4 Å². The van der Waals surface area contributed by atoms with Gasteiger partial charge in [-0.05, 0) is 25.8 Å². The maximum absolute atomic E-state index is 12.3. The lowest BCUT2D eigenvalue weighted by molar-refractivity contribution is 0.102. The van der Waals surface area contributed by atoms with Gasteiger partial charge in [0.05, 0.1) is 18.9 Å². The number of carbonyl (C=O) groups is 1. The van der Waals surface area contributed by atoms with Gasteiger partial charge in [0.15, 0.2) is 0 Å². The zero-order valence-electron chi connectivity index (χ0n) is 11.3. The lowest BCUT2D eigenvalue weighted by atomic mass is 10.2. The number of aromatic nitrogens is 2. The van der Waals surface area contributed by atoms with Crippen molar-refractivity contribution in [1.29, 1.82) is 0 Å². The van der Waals surface area contributed by atoms with Crippen molar-refractivity contribution in [2.45, 2.75) is 25.7 Å². The van der Waals surface area contributed by atoms with Gasteiger partial charge in [-0.1, -0.05) is 0 Å². The number of hydrogen-bond acceptors (Lipinski definition) is 5. The molecule has 2 aromatic rings. The minimum Gasteiger partial charge on any atom is -0.468 e. The molecule has 0 aliphatic heterocycles. The summed E-state index contributed by atoms with van der Waals surface area (Å²) in [5, 5.41) is 2.75. The molecule has 3 rings (SSSR count). The molecule has 0 saturated heterocycles. The van der Waals surface area contributed by atoms with Crippen molar-refractivity contribution in [3.05, 3.63) is 35.4 Å². The minimum atomic E-state index is -0.221. The number of aryl methyl sites for hydroxylation is 1. The molecular formula is C14H15N3O3. The van der Waals surface area contributed by atoms with Gasteiger partial charge >= 0.3 is 6.01 Å². The lowest BCUT2D eigenvalue weighted by Gasteiger charge is -2.06. The third kappa shape index (κ3) is 2.49. The second-order valence-electron chi connectivity index (χ2n) is 4.81. The van der Waals surface area contributed by atoms with Crippen LogP contribution in [0, 0.1) is 6.92 Å². The molecule has 2 aromatic heterocycles. The smallest absolute Gasteiger partial charge is 0.318 e. The van der Waals surface area contributed by atoms with Crippen LogP contribution in [-0.4, -0.2) is 23.0 Å². The molecule has 1 N–H and O–H groups in total. The van der Waals surface area contributed by atoms with Crippen molar-refractivity contribution in [3.63, 3.8) is 0 Å². The third-order valence-corrected chi connectivity index (χ3v) is 3.15. The van der Waals surface area contributed by atoms with Crippen LogP contribution >= 0.6 is 0 Å². The normalized spacial score (nSPS) is 14.1. The highest BCUT2D eigenvalue weighted by Crippen LogP contribution is 2.42. The number of ether oxygens (including phenoxy) is 1. The van der Waals surface area contributed by atoms with Crippen LogP contribution in [-0.2, 0) is 0 Å². The molecule has 0 unspecified atom stereocenters. The summed E-state index contributed by atoms with van der Waals surface area (Å²) in [5.41, 5.74) is 1.30. The summed E-state index contributed by atoms with van der Waals surface area (Å²) < 4.78 is 10.4. The Morgan fingerprint density at radius 1 is 1.45 bits per heavy atom. The van der Waals surface area contributed by atoms with Crippen molar-refractivity contribution in [2.24, 2.45) is 0 Å². The van der Waals surface area contributed by atoms with Crippen LogP contribution in [0.25, 0.3) is 0 Å². The molecule has 0 aromatic carbocycles. The summed E-state index contributed by atoms with van der Waals surface area (Å²) in [5.74, 6) is 1.34. The SMILES string of the molecule is COc1nc(C)cc(NC(=O)c2ccoc2C2CC2)n1. The van der Waals surface area contributed by atoms with E-state index in [2.05, 4.69) is 15.3 Å². The molecule has 20 heavy (non-hydrogen) atoms. The average Bonchev–Trinajstić information content (AvgIpc) is 3.15. The molecule has 1 aliphatic rings. The van der Waals surface area contributed by atoms with Crippen molar-refractivity contribution in [1.82, 2.24) is 9.97 Å². The molecule has 0 atom stereocenters. The van der Waals surface area contributed by atoms with Crippen LogP contribution in [0.5, 0.6) is 6.01 Å². The number of rotatable bonds is 4. The second kappa shape index (κ2) is 4.96. The van der Waals surface area contributed by atoms with E-state index in [0.29, 0.717) is 17.3 Å². The molecule has 1 aliphatic carbocycles. The first kappa shape index (κ1) is 12.7. The topological polar surface area (TPSA) is 77.2 Å². The van der Waals surface area contributed by atoms with Crippen LogP contribution in [0.4, 0.5) is 5.82 Å². The fourth-order valence-electron chi connectivity index (χ4n) is 2.05. The summed E-state index contributed by atoms with van der Waals surface area (Å²) in [6, 6.07) is 3.61. The van der Waals surface area contributed by atoms with Crippen LogP contribution < -0.4 is 10.1 Å².